The normalized spacial score (nSPS) is 14.5. The van der Waals surface area contributed by atoms with E-state index in [1.54, 1.807) is 25.8 Å². The monoisotopic (exact) mass is 425 g/mol. The quantitative estimate of drug-likeness (QED) is 0.574. The fourth-order valence-corrected chi connectivity index (χ4v) is 4.06. The first-order chi connectivity index (χ1) is 14.7. The third-order valence-electron chi connectivity index (χ3n) is 4.89. The lowest BCUT2D eigenvalue weighted by molar-refractivity contribution is -0.119. The highest BCUT2D eigenvalue weighted by Gasteiger charge is 2.22. The lowest BCUT2D eigenvalue weighted by Crippen LogP contribution is -2.45. The number of rotatable bonds is 7. The summed E-state index contributed by atoms with van der Waals surface area (Å²) >= 11 is 1.37. The Morgan fingerprint density at radius 3 is 2.63 bits per heavy atom. The number of carbonyl (C=O) groups excluding carboxylic acids is 1. The van der Waals surface area contributed by atoms with E-state index in [1.807, 2.05) is 34.9 Å². The molecular weight excluding hydrogens is 402 g/mol. The largest absolute Gasteiger partial charge is 0.497 e. The topological polar surface area (TPSA) is 98.1 Å². The summed E-state index contributed by atoms with van der Waals surface area (Å²) in [4.78, 5) is 23.2. The first-order valence-electron chi connectivity index (χ1n) is 9.71. The summed E-state index contributed by atoms with van der Waals surface area (Å²) in [5, 5.41) is 11.9. The molecule has 1 aromatic carbocycles. The van der Waals surface area contributed by atoms with Crippen molar-refractivity contribution in [1.82, 2.24) is 30.0 Å². The summed E-state index contributed by atoms with van der Waals surface area (Å²) in [6, 6.07) is 9.58. The number of nitrogens with zero attached hydrogens (tertiary/aromatic N) is 6. The Morgan fingerprint density at radius 2 is 1.93 bits per heavy atom. The molecule has 0 atom stereocenters. The van der Waals surface area contributed by atoms with E-state index < -0.39 is 0 Å². The molecule has 0 bridgehead atoms. The molecule has 2 aromatic heterocycles. The molecule has 0 unspecified atom stereocenters. The fourth-order valence-electron chi connectivity index (χ4n) is 3.32. The Hall–Kier alpha value is -3.14. The lowest BCUT2D eigenvalue weighted by Gasteiger charge is -2.32. The van der Waals surface area contributed by atoms with Crippen LogP contribution in [0.3, 0.4) is 0 Å². The molecular formula is C20H23N7O2S. The van der Waals surface area contributed by atoms with Gasteiger partial charge in [-0.25, -0.2) is 9.97 Å². The smallest absolute Gasteiger partial charge is 0.230 e. The molecule has 1 amide bonds. The fraction of sp³-hybridized carbons (Fsp3) is 0.350. The number of amides is 1. The van der Waals surface area contributed by atoms with Crippen LogP contribution in [-0.2, 0) is 4.79 Å². The molecule has 10 heteroatoms. The summed E-state index contributed by atoms with van der Waals surface area (Å²) in [7, 11) is 1.63. The van der Waals surface area contributed by atoms with Gasteiger partial charge in [-0.2, -0.15) is 0 Å². The van der Waals surface area contributed by atoms with Gasteiger partial charge in [-0.3, -0.25) is 9.36 Å². The number of benzene rings is 1. The van der Waals surface area contributed by atoms with Gasteiger partial charge in [-0.15, -0.1) is 10.2 Å². The van der Waals surface area contributed by atoms with Crippen LogP contribution in [0.4, 0.5) is 5.95 Å². The van der Waals surface area contributed by atoms with Crippen molar-refractivity contribution >= 4 is 23.6 Å². The van der Waals surface area contributed by atoms with Crippen LogP contribution in [0.2, 0.25) is 0 Å². The molecule has 156 valence electrons. The second kappa shape index (κ2) is 9.57. The van der Waals surface area contributed by atoms with Crippen molar-refractivity contribution in [3.63, 3.8) is 0 Å². The van der Waals surface area contributed by atoms with E-state index in [9.17, 15) is 4.79 Å². The van der Waals surface area contributed by atoms with Gasteiger partial charge < -0.3 is 15.0 Å². The molecule has 1 aliphatic heterocycles. The van der Waals surface area contributed by atoms with Crippen LogP contribution >= 0.6 is 11.8 Å². The first-order valence-corrected chi connectivity index (χ1v) is 10.7. The van der Waals surface area contributed by atoms with Gasteiger partial charge in [0.05, 0.1) is 12.9 Å². The lowest BCUT2D eigenvalue weighted by atomic mass is 10.1. The van der Waals surface area contributed by atoms with Crippen molar-refractivity contribution in [3.05, 3.63) is 49.1 Å². The van der Waals surface area contributed by atoms with E-state index >= 15 is 0 Å². The minimum absolute atomic E-state index is 0.00121. The third-order valence-corrected chi connectivity index (χ3v) is 5.84. The molecule has 3 heterocycles. The van der Waals surface area contributed by atoms with E-state index in [0.717, 1.165) is 43.3 Å². The molecule has 4 rings (SSSR count). The Morgan fingerprint density at radius 1 is 1.20 bits per heavy atom. The van der Waals surface area contributed by atoms with Gasteiger partial charge in [0.2, 0.25) is 11.9 Å². The van der Waals surface area contributed by atoms with E-state index in [4.69, 9.17) is 4.74 Å². The highest BCUT2D eigenvalue weighted by Crippen LogP contribution is 2.22. The molecule has 0 spiro atoms. The second-order valence-electron chi connectivity index (χ2n) is 6.85. The van der Waals surface area contributed by atoms with E-state index in [0.29, 0.717) is 5.16 Å². The Labute approximate surface area is 178 Å². The molecule has 3 aromatic rings. The summed E-state index contributed by atoms with van der Waals surface area (Å²) in [6.45, 7) is 1.65. The van der Waals surface area contributed by atoms with Crippen molar-refractivity contribution in [2.75, 3.05) is 30.9 Å². The maximum absolute atomic E-state index is 12.4. The Bertz CT molecular complexity index is 957. The van der Waals surface area contributed by atoms with Crippen molar-refractivity contribution in [2.24, 2.45) is 0 Å². The number of piperidine rings is 1. The van der Waals surface area contributed by atoms with Crippen molar-refractivity contribution in [2.45, 2.75) is 24.0 Å². The van der Waals surface area contributed by atoms with Crippen LogP contribution in [0.25, 0.3) is 5.69 Å². The highest BCUT2D eigenvalue weighted by molar-refractivity contribution is 7.99. The number of nitrogens with one attached hydrogen (secondary N) is 1. The number of methoxy groups -OCH3 is 1. The van der Waals surface area contributed by atoms with Crippen LogP contribution in [0.1, 0.15) is 12.8 Å². The van der Waals surface area contributed by atoms with E-state index in [-0.39, 0.29) is 17.7 Å². The molecule has 0 saturated carbocycles. The van der Waals surface area contributed by atoms with Crippen LogP contribution in [0.15, 0.2) is 54.2 Å². The minimum Gasteiger partial charge on any atom is -0.497 e. The molecule has 1 N–H and O–H groups in total. The summed E-state index contributed by atoms with van der Waals surface area (Å²) in [6.07, 6.45) is 6.88. The molecule has 0 aliphatic carbocycles. The van der Waals surface area contributed by atoms with Gasteiger partial charge in [-0.1, -0.05) is 11.8 Å². The van der Waals surface area contributed by atoms with Crippen LogP contribution in [0.5, 0.6) is 5.75 Å². The highest BCUT2D eigenvalue weighted by atomic mass is 32.2. The van der Waals surface area contributed by atoms with Gasteiger partial charge in [0.25, 0.3) is 0 Å². The Balaban J connectivity index is 1.26. The number of aromatic nitrogens is 5. The average molecular weight is 426 g/mol. The van der Waals surface area contributed by atoms with Crippen molar-refractivity contribution < 1.29 is 9.53 Å². The van der Waals surface area contributed by atoms with Crippen LogP contribution in [0, 0.1) is 0 Å². The zero-order valence-electron chi connectivity index (χ0n) is 16.6. The summed E-state index contributed by atoms with van der Waals surface area (Å²) in [5.74, 6) is 1.82. The number of carbonyl (C=O) groups is 1. The maximum Gasteiger partial charge on any atom is 0.230 e. The molecule has 1 saturated heterocycles. The average Bonchev–Trinajstić information content (AvgIpc) is 3.27. The summed E-state index contributed by atoms with van der Waals surface area (Å²) in [5.41, 5.74) is 0.916. The molecule has 30 heavy (non-hydrogen) atoms. The Kier molecular flexibility index (Phi) is 6.43. The second-order valence-corrected chi connectivity index (χ2v) is 7.79. The first kappa shape index (κ1) is 20.1. The standard InChI is InChI=1S/C20H23N7O2S/c1-29-17-5-3-16(4-6-17)27-14-23-25-20(27)30-13-18(28)24-15-7-11-26(12-8-15)19-21-9-2-10-22-19/h2-6,9-10,14-15H,7-8,11-13H2,1H3,(H,24,28). The van der Waals surface area contributed by atoms with Gasteiger partial charge >= 0.3 is 0 Å². The minimum atomic E-state index is -0.00121. The number of hydrogen-bond donors (Lipinski definition) is 1. The summed E-state index contributed by atoms with van der Waals surface area (Å²) < 4.78 is 7.05. The molecule has 9 nitrogen and oxygen atoms in total. The predicted molar refractivity (Wildman–Crippen MR) is 114 cm³/mol. The number of hydrogen-bond acceptors (Lipinski definition) is 8. The van der Waals surface area contributed by atoms with Crippen LogP contribution in [-0.4, -0.2) is 62.6 Å². The molecule has 1 aliphatic rings. The van der Waals surface area contributed by atoms with Crippen molar-refractivity contribution in [1.29, 1.82) is 0 Å². The number of ether oxygens (including phenoxy) is 1. The van der Waals surface area contributed by atoms with Gasteiger partial charge in [-0.05, 0) is 43.2 Å². The third kappa shape index (κ3) is 4.88. The number of anilines is 1. The predicted octanol–water partition coefficient (Wildman–Crippen LogP) is 1.94. The van der Waals surface area contributed by atoms with Crippen LogP contribution < -0.4 is 15.0 Å². The SMILES string of the molecule is COc1ccc(-n2cnnc2SCC(=O)NC2CCN(c3ncccn3)CC2)cc1. The van der Waals surface area contributed by atoms with Crippen molar-refractivity contribution in [3.8, 4) is 11.4 Å². The van der Waals surface area contributed by atoms with Gasteiger partial charge in [0.1, 0.15) is 12.1 Å². The van der Waals surface area contributed by atoms with E-state index in [1.165, 1.54) is 11.8 Å². The molecule has 0 radical (unpaired) electrons. The van der Waals surface area contributed by atoms with E-state index in [2.05, 4.69) is 30.4 Å². The zero-order chi connectivity index (χ0) is 20.8. The molecule has 1 fully saturated rings. The van der Waals surface area contributed by atoms with Gasteiger partial charge in [0, 0.05) is 37.2 Å². The van der Waals surface area contributed by atoms with Gasteiger partial charge in [0.15, 0.2) is 5.16 Å². The maximum atomic E-state index is 12.4. The number of thioether (sulfide) groups is 1. The zero-order valence-corrected chi connectivity index (χ0v) is 17.5.